The number of hydrogen-bond acceptors (Lipinski definition) is 5. The van der Waals surface area contributed by atoms with Crippen LogP contribution in [0.4, 0.5) is 17.2 Å². The fraction of sp³-hybridized carbons (Fsp3) is 0.150. The van der Waals surface area contributed by atoms with Gasteiger partial charge in [0.25, 0.3) is 0 Å². The summed E-state index contributed by atoms with van der Waals surface area (Å²) in [6, 6.07) is 15.3. The van der Waals surface area contributed by atoms with Crippen LogP contribution in [0.3, 0.4) is 0 Å². The summed E-state index contributed by atoms with van der Waals surface area (Å²) in [5, 5.41) is 0. The second-order valence-corrected chi connectivity index (χ2v) is 11.8. The Morgan fingerprint density at radius 2 is 1.81 bits per heavy atom. The molecule has 130 valence electrons. The van der Waals surface area contributed by atoms with E-state index in [-0.39, 0.29) is 0 Å². The summed E-state index contributed by atoms with van der Waals surface area (Å²) in [5.41, 5.74) is 2.98. The summed E-state index contributed by atoms with van der Waals surface area (Å²) in [6.45, 7) is 4.32. The summed E-state index contributed by atoms with van der Waals surface area (Å²) in [4.78, 5) is 8.57. The Labute approximate surface area is 157 Å². The first kappa shape index (κ1) is 16.1. The van der Waals surface area contributed by atoms with Crippen molar-refractivity contribution in [2.75, 3.05) is 4.90 Å². The van der Waals surface area contributed by atoms with Crippen LogP contribution in [0.2, 0.25) is 0 Å². The van der Waals surface area contributed by atoms with Crippen LogP contribution in [0.15, 0.2) is 64.5 Å². The first-order chi connectivity index (χ1) is 12.5. The molecule has 26 heavy (non-hydrogen) atoms. The van der Waals surface area contributed by atoms with Gasteiger partial charge < -0.3 is 0 Å². The Morgan fingerprint density at radius 3 is 2.62 bits per heavy atom. The average molecular weight is 427 g/mol. The van der Waals surface area contributed by atoms with Crippen LogP contribution in [0.5, 0.6) is 0 Å². The number of para-hydroxylation sites is 1. The van der Waals surface area contributed by atoms with E-state index >= 15 is 0 Å². The van der Waals surface area contributed by atoms with Crippen molar-refractivity contribution in [1.82, 2.24) is 4.98 Å². The number of anilines is 3. The van der Waals surface area contributed by atoms with Crippen molar-refractivity contribution in [3.63, 3.8) is 0 Å². The summed E-state index contributed by atoms with van der Waals surface area (Å²) in [6.07, 6.45) is 1.66. The minimum absolute atomic E-state index is 0.334. The fourth-order valence-corrected chi connectivity index (χ4v) is 8.07. The number of hydrogen-bond donors (Lipinski definition) is 0. The molecule has 3 aromatic rings. The van der Waals surface area contributed by atoms with Gasteiger partial charge in [0, 0.05) is 0 Å². The molecule has 0 bridgehead atoms. The third kappa shape index (κ3) is 2.07. The maximum absolute atomic E-state index is 13.2. The first-order valence-corrected chi connectivity index (χ1v) is 12.4. The molecule has 1 aromatic heterocycles. The molecule has 2 aliphatic heterocycles. The number of aromatic nitrogens is 1. The van der Waals surface area contributed by atoms with Gasteiger partial charge in [-0.3, -0.25) is 0 Å². The number of nitrogens with zero attached hydrogens (tertiary/aromatic N) is 2. The molecule has 0 saturated heterocycles. The van der Waals surface area contributed by atoms with Gasteiger partial charge in [-0.2, -0.15) is 0 Å². The van der Waals surface area contributed by atoms with Crippen molar-refractivity contribution in [3.05, 3.63) is 60.3 Å². The number of fused-ring (bicyclic) bond motifs is 4. The number of rotatable bonds is 1. The molecule has 0 atom stereocenters. The molecule has 0 saturated carbocycles. The Balaban J connectivity index is 1.89. The molecule has 3 heterocycles. The van der Waals surface area contributed by atoms with Gasteiger partial charge in [0.2, 0.25) is 0 Å². The Hall–Kier alpha value is -2.14. The monoisotopic (exact) mass is 428 g/mol. The van der Waals surface area contributed by atoms with E-state index in [1.54, 1.807) is 36.2 Å². The van der Waals surface area contributed by atoms with E-state index in [9.17, 15) is 7.67 Å². The molecule has 6 heteroatoms. The predicted octanol–water partition coefficient (Wildman–Crippen LogP) is 3.87. The molecule has 4 nitrogen and oxygen atoms in total. The molecule has 5 rings (SSSR count). The molecular weight excluding hydrogens is 411 g/mol. The van der Waals surface area contributed by atoms with Crippen molar-refractivity contribution in [2.24, 2.45) is 0 Å². The second-order valence-electron chi connectivity index (χ2n) is 6.75. The molecule has 0 amide bonds. The summed E-state index contributed by atoms with van der Waals surface area (Å²) in [7, 11) is 0. The zero-order valence-electron chi connectivity index (χ0n) is 14.3. The Morgan fingerprint density at radius 1 is 1.00 bits per heavy atom. The third-order valence-electron chi connectivity index (χ3n) is 4.84. The molecule has 2 aliphatic rings. The first-order valence-electron chi connectivity index (χ1n) is 8.43. The predicted molar refractivity (Wildman–Crippen MR) is 104 cm³/mol. The average Bonchev–Trinajstić information content (AvgIpc) is 2.64. The molecule has 0 unspecified atom stereocenters. The van der Waals surface area contributed by atoms with E-state index in [4.69, 9.17) is 0 Å². The van der Waals surface area contributed by atoms with Crippen LogP contribution in [0, 0.1) is 0 Å². The SMILES string of the molecule is CC(C)c1ccc2c(c1)N1c3ncccc3[Se](=O)(=O)c3cccc(c31)S2. The normalized spacial score (nSPS) is 16.0. The van der Waals surface area contributed by atoms with Gasteiger partial charge in [0.15, 0.2) is 0 Å². The summed E-state index contributed by atoms with van der Waals surface area (Å²) in [5.74, 6) is 0.906. The molecule has 2 aromatic carbocycles. The zero-order valence-corrected chi connectivity index (χ0v) is 16.8. The summed E-state index contributed by atoms with van der Waals surface area (Å²) < 4.78 is 27.2. The van der Waals surface area contributed by atoms with E-state index in [2.05, 4.69) is 37.0 Å². The number of benzene rings is 2. The van der Waals surface area contributed by atoms with E-state index in [1.807, 2.05) is 17.0 Å². The van der Waals surface area contributed by atoms with Gasteiger partial charge in [-0.25, -0.2) is 0 Å². The van der Waals surface area contributed by atoms with E-state index < -0.39 is 12.7 Å². The molecular formula is C20H16N2O2SSe. The van der Waals surface area contributed by atoms with Gasteiger partial charge >= 0.3 is 158 Å². The summed E-state index contributed by atoms with van der Waals surface area (Å²) >= 11 is -2.85. The van der Waals surface area contributed by atoms with Crippen molar-refractivity contribution < 1.29 is 7.67 Å². The minimum atomic E-state index is -4.47. The van der Waals surface area contributed by atoms with Crippen LogP contribution in [-0.4, -0.2) is 17.7 Å². The van der Waals surface area contributed by atoms with Crippen molar-refractivity contribution in [2.45, 2.75) is 29.6 Å². The topological polar surface area (TPSA) is 50.3 Å². The van der Waals surface area contributed by atoms with Gasteiger partial charge in [-0.05, 0) is 0 Å². The van der Waals surface area contributed by atoms with Gasteiger partial charge in [-0.15, -0.1) is 0 Å². The van der Waals surface area contributed by atoms with Crippen molar-refractivity contribution >= 4 is 50.6 Å². The molecule has 0 spiro atoms. The van der Waals surface area contributed by atoms with Crippen molar-refractivity contribution in [1.29, 1.82) is 0 Å². The van der Waals surface area contributed by atoms with Crippen molar-refractivity contribution in [3.8, 4) is 0 Å². The van der Waals surface area contributed by atoms with Crippen LogP contribution in [0.1, 0.15) is 25.3 Å². The molecule has 0 fully saturated rings. The second kappa shape index (κ2) is 5.43. The zero-order chi connectivity index (χ0) is 18.1. The van der Waals surface area contributed by atoms with Gasteiger partial charge in [0.05, 0.1) is 0 Å². The van der Waals surface area contributed by atoms with Gasteiger partial charge in [0.1, 0.15) is 0 Å². The van der Waals surface area contributed by atoms with Gasteiger partial charge in [-0.1, -0.05) is 0 Å². The quantitative estimate of drug-likeness (QED) is 0.380. The molecule has 0 N–H and O–H groups in total. The molecule has 0 aliphatic carbocycles. The maximum atomic E-state index is 13.2. The van der Waals surface area contributed by atoms with Crippen LogP contribution >= 0.6 is 11.8 Å². The van der Waals surface area contributed by atoms with E-state index in [0.29, 0.717) is 20.7 Å². The fourth-order valence-electron chi connectivity index (χ4n) is 3.51. The Kier molecular flexibility index (Phi) is 3.35. The standard InChI is InChI=1S/C20H16N2O2SSe/c1-12(2)13-8-9-15-14(11-13)22-19-16(25-15)5-3-6-17(19)26(23,24)18-7-4-10-21-20(18)22/h3-12H,1-2H3. The van der Waals surface area contributed by atoms with E-state index in [1.165, 1.54) is 5.56 Å². The number of pyridine rings is 1. The van der Waals surface area contributed by atoms with Crippen LogP contribution < -0.4 is 13.8 Å². The Bertz CT molecular complexity index is 1170. The van der Waals surface area contributed by atoms with Crippen LogP contribution in [0.25, 0.3) is 0 Å². The van der Waals surface area contributed by atoms with E-state index in [0.717, 1.165) is 21.2 Å². The molecule has 0 radical (unpaired) electrons. The third-order valence-corrected chi connectivity index (χ3v) is 9.74. The van der Waals surface area contributed by atoms with Crippen LogP contribution in [-0.2, 0) is 7.67 Å².